The third kappa shape index (κ3) is 2.56. The van der Waals surface area contributed by atoms with Crippen LogP contribution >= 0.6 is 0 Å². The summed E-state index contributed by atoms with van der Waals surface area (Å²) in [5.41, 5.74) is 1.55. The molecule has 1 atom stereocenters. The van der Waals surface area contributed by atoms with Crippen molar-refractivity contribution in [3.8, 4) is 11.3 Å². The number of benzene rings is 1. The van der Waals surface area contributed by atoms with Crippen molar-refractivity contribution in [2.24, 2.45) is 5.92 Å². The maximum Gasteiger partial charge on any atom is 0.270 e. The summed E-state index contributed by atoms with van der Waals surface area (Å²) in [6.45, 7) is 2.08. The minimum Gasteiger partial charge on any atom is -0.298 e. The molecule has 1 fully saturated rings. The summed E-state index contributed by atoms with van der Waals surface area (Å²) in [6, 6.07) is 6.45. The first-order chi connectivity index (χ1) is 10.1. The second kappa shape index (κ2) is 5.12. The van der Waals surface area contributed by atoms with Gasteiger partial charge in [-0.25, -0.2) is 0 Å². The van der Waals surface area contributed by atoms with Gasteiger partial charge in [0.25, 0.3) is 5.69 Å². The highest BCUT2D eigenvalue weighted by Gasteiger charge is 2.30. The highest BCUT2D eigenvalue weighted by atomic mass is 16.6. The van der Waals surface area contributed by atoms with Crippen LogP contribution in [0, 0.1) is 16.0 Å². The Kier molecular flexibility index (Phi) is 3.29. The van der Waals surface area contributed by atoms with Crippen LogP contribution in [0.25, 0.3) is 11.3 Å². The summed E-state index contributed by atoms with van der Waals surface area (Å²) in [5, 5.41) is 15.3. The molecule has 1 unspecified atom stereocenters. The molecule has 2 aromatic rings. The van der Waals surface area contributed by atoms with Crippen LogP contribution < -0.4 is 0 Å². The second-order valence-electron chi connectivity index (χ2n) is 5.42. The summed E-state index contributed by atoms with van der Waals surface area (Å²) in [7, 11) is 0. The van der Waals surface area contributed by atoms with E-state index >= 15 is 0 Å². The lowest BCUT2D eigenvalue weighted by molar-refractivity contribution is -0.384. The molecule has 1 aromatic carbocycles. The number of rotatable bonds is 5. The molecule has 6 heteroatoms. The highest BCUT2D eigenvalue weighted by molar-refractivity contribution is 5.85. The molecule has 1 heterocycles. The molecule has 1 aliphatic rings. The standard InChI is InChI=1S/C15H15N3O3/c1-10(11-5-6-11)17-8-13(9-19)15(16-17)12-3-2-4-14(7-12)18(20)21/h2-4,7-11H,5-6H2,1H3. The lowest BCUT2D eigenvalue weighted by Crippen LogP contribution is -2.07. The minimum atomic E-state index is -0.450. The number of hydrogen-bond donors (Lipinski definition) is 0. The third-order valence-corrected chi connectivity index (χ3v) is 3.94. The lowest BCUT2D eigenvalue weighted by atomic mass is 10.1. The molecule has 0 saturated heterocycles. The maximum absolute atomic E-state index is 11.3. The molecule has 0 bridgehead atoms. The molecule has 1 aliphatic carbocycles. The van der Waals surface area contributed by atoms with E-state index in [1.165, 1.54) is 25.0 Å². The average Bonchev–Trinajstić information content (AvgIpc) is 3.25. The molecular weight excluding hydrogens is 270 g/mol. The fourth-order valence-corrected chi connectivity index (χ4v) is 2.49. The number of aldehydes is 1. The average molecular weight is 285 g/mol. The minimum absolute atomic E-state index is 0.00543. The molecule has 0 spiro atoms. The zero-order chi connectivity index (χ0) is 15.0. The number of nitro groups is 1. The van der Waals surface area contributed by atoms with Crippen molar-refractivity contribution in [1.82, 2.24) is 9.78 Å². The van der Waals surface area contributed by atoms with Gasteiger partial charge in [0.2, 0.25) is 0 Å². The third-order valence-electron chi connectivity index (χ3n) is 3.94. The van der Waals surface area contributed by atoms with Crippen LogP contribution in [0.3, 0.4) is 0 Å². The summed E-state index contributed by atoms with van der Waals surface area (Å²) in [6.07, 6.45) is 4.84. The SMILES string of the molecule is CC(C1CC1)n1cc(C=O)c(-c2cccc([N+](=O)[O-])c2)n1. The van der Waals surface area contributed by atoms with Gasteiger partial charge in [-0.1, -0.05) is 12.1 Å². The molecule has 1 aromatic heterocycles. The van der Waals surface area contributed by atoms with Gasteiger partial charge in [0.05, 0.1) is 16.5 Å². The molecule has 108 valence electrons. The molecule has 0 radical (unpaired) electrons. The van der Waals surface area contributed by atoms with E-state index in [1.807, 2.05) is 0 Å². The van der Waals surface area contributed by atoms with Crippen LogP contribution in [0.4, 0.5) is 5.69 Å². The van der Waals surface area contributed by atoms with Gasteiger partial charge in [0, 0.05) is 23.9 Å². The van der Waals surface area contributed by atoms with Crippen molar-refractivity contribution in [1.29, 1.82) is 0 Å². The second-order valence-corrected chi connectivity index (χ2v) is 5.42. The Hall–Kier alpha value is -2.50. The van der Waals surface area contributed by atoms with E-state index in [2.05, 4.69) is 12.0 Å². The largest absolute Gasteiger partial charge is 0.298 e. The van der Waals surface area contributed by atoms with Crippen molar-refractivity contribution in [3.05, 3.63) is 46.1 Å². The number of aromatic nitrogens is 2. The number of nitro benzene ring substituents is 1. The molecule has 21 heavy (non-hydrogen) atoms. The van der Waals surface area contributed by atoms with Gasteiger partial charge in [0.15, 0.2) is 6.29 Å². The Morgan fingerprint density at radius 3 is 2.86 bits per heavy atom. The summed E-state index contributed by atoms with van der Waals surface area (Å²) in [5.74, 6) is 0.613. The zero-order valence-corrected chi connectivity index (χ0v) is 11.6. The van der Waals surface area contributed by atoms with Crippen molar-refractivity contribution in [2.75, 3.05) is 0 Å². The van der Waals surface area contributed by atoms with Gasteiger partial charge in [-0.05, 0) is 25.7 Å². The molecule has 0 amide bonds. The fraction of sp³-hybridized carbons (Fsp3) is 0.333. The molecule has 0 N–H and O–H groups in total. The van der Waals surface area contributed by atoms with Gasteiger partial charge in [-0.15, -0.1) is 0 Å². The van der Waals surface area contributed by atoms with E-state index < -0.39 is 4.92 Å². The van der Waals surface area contributed by atoms with Crippen molar-refractivity contribution >= 4 is 12.0 Å². The summed E-state index contributed by atoms with van der Waals surface area (Å²) < 4.78 is 1.80. The lowest BCUT2D eigenvalue weighted by Gasteiger charge is -2.09. The number of non-ortho nitro benzene ring substituents is 1. The predicted octanol–water partition coefficient (Wildman–Crippen LogP) is 3.24. The highest BCUT2D eigenvalue weighted by Crippen LogP contribution is 2.39. The number of carbonyl (C=O) groups is 1. The first-order valence-electron chi connectivity index (χ1n) is 6.89. The van der Waals surface area contributed by atoms with Gasteiger partial charge in [-0.3, -0.25) is 19.6 Å². The first-order valence-corrected chi connectivity index (χ1v) is 6.89. The predicted molar refractivity (Wildman–Crippen MR) is 77.1 cm³/mol. The fourth-order valence-electron chi connectivity index (χ4n) is 2.49. The van der Waals surface area contributed by atoms with Crippen LogP contribution in [-0.4, -0.2) is 21.0 Å². The smallest absolute Gasteiger partial charge is 0.270 e. The van der Waals surface area contributed by atoms with Crippen LogP contribution in [0.15, 0.2) is 30.5 Å². The van der Waals surface area contributed by atoms with Gasteiger partial charge in [-0.2, -0.15) is 5.10 Å². The van der Waals surface area contributed by atoms with E-state index in [1.54, 1.807) is 23.0 Å². The number of carbonyl (C=O) groups excluding carboxylic acids is 1. The van der Waals surface area contributed by atoms with Gasteiger partial charge >= 0.3 is 0 Å². The zero-order valence-electron chi connectivity index (χ0n) is 11.6. The Labute approximate surface area is 121 Å². The van der Waals surface area contributed by atoms with Gasteiger partial charge in [0.1, 0.15) is 5.69 Å². The van der Waals surface area contributed by atoms with E-state index in [0.717, 1.165) is 6.29 Å². The van der Waals surface area contributed by atoms with Crippen molar-refractivity contribution in [2.45, 2.75) is 25.8 Å². The van der Waals surface area contributed by atoms with Crippen molar-refractivity contribution in [3.63, 3.8) is 0 Å². The topological polar surface area (TPSA) is 78.0 Å². The Morgan fingerprint density at radius 2 is 2.24 bits per heavy atom. The van der Waals surface area contributed by atoms with Crippen LogP contribution in [0.1, 0.15) is 36.2 Å². The van der Waals surface area contributed by atoms with Crippen LogP contribution in [0.5, 0.6) is 0 Å². The Morgan fingerprint density at radius 1 is 1.48 bits per heavy atom. The summed E-state index contributed by atoms with van der Waals surface area (Å²) in [4.78, 5) is 21.7. The van der Waals surface area contributed by atoms with Crippen molar-refractivity contribution < 1.29 is 9.72 Å². The van der Waals surface area contributed by atoms with Gasteiger partial charge < -0.3 is 0 Å². The maximum atomic E-state index is 11.3. The van der Waals surface area contributed by atoms with E-state index in [9.17, 15) is 14.9 Å². The summed E-state index contributed by atoms with van der Waals surface area (Å²) >= 11 is 0. The van der Waals surface area contributed by atoms with Crippen LogP contribution in [-0.2, 0) is 0 Å². The Bertz CT molecular complexity index is 704. The molecule has 0 aliphatic heterocycles. The van der Waals surface area contributed by atoms with E-state index in [-0.39, 0.29) is 11.7 Å². The monoisotopic (exact) mass is 285 g/mol. The van der Waals surface area contributed by atoms with Crippen LogP contribution in [0.2, 0.25) is 0 Å². The number of hydrogen-bond acceptors (Lipinski definition) is 4. The molecule has 3 rings (SSSR count). The Balaban J connectivity index is 2.02. The normalized spacial score (nSPS) is 15.7. The molecule has 1 saturated carbocycles. The molecule has 6 nitrogen and oxygen atoms in total. The first kappa shape index (κ1) is 13.5. The quantitative estimate of drug-likeness (QED) is 0.480. The van der Waals surface area contributed by atoms with E-state index in [4.69, 9.17) is 0 Å². The molecular formula is C15H15N3O3. The van der Waals surface area contributed by atoms with E-state index in [0.29, 0.717) is 22.7 Å². The number of nitrogens with zero attached hydrogens (tertiary/aromatic N) is 3.